The van der Waals surface area contributed by atoms with E-state index < -0.39 is 18.0 Å². The van der Waals surface area contributed by atoms with Crippen LogP contribution < -0.4 is 0 Å². The van der Waals surface area contributed by atoms with Crippen molar-refractivity contribution in [2.24, 2.45) is 0 Å². The minimum atomic E-state index is -1.18. The highest BCUT2D eigenvalue weighted by molar-refractivity contribution is 5.94. The van der Waals surface area contributed by atoms with Gasteiger partial charge in [-0.05, 0) is 6.42 Å². The van der Waals surface area contributed by atoms with Gasteiger partial charge in [0.15, 0.2) is 0 Å². The lowest BCUT2D eigenvalue weighted by Crippen LogP contribution is -2.27. The summed E-state index contributed by atoms with van der Waals surface area (Å²) in [6.45, 7) is 0.437. The third-order valence-corrected chi connectivity index (χ3v) is 1.81. The fraction of sp³-hybridized carbons (Fsp3) is 0.500. The summed E-state index contributed by atoms with van der Waals surface area (Å²) >= 11 is 0. The first-order valence-electron chi connectivity index (χ1n) is 3.93. The minimum Gasteiger partial charge on any atom is -0.478 e. The van der Waals surface area contributed by atoms with Gasteiger partial charge in [0, 0.05) is 18.7 Å². The van der Waals surface area contributed by atoms with Crippen molar-refractivity contribution in [1.29, 1.82) is 0 Å². The van der Waals surface area contributed by atoms with Crippen molar-refractivity contribution >= 4 is 11.9 Å². The van der Waals surface area contributed by atoms with Crippen molar-refractivity contribution in [3.63, 3.8) is 0 Å². The number of carboxylic acid groups (broad SMARTS) is 1. The van der Waals surface area contributed by atoms with E-state index >= 15 is 0 Å². The number of alkyl halides is 1. The van der Waals surface area contributed by atoms with Crippen LogP contribution >= 0.6 is 0 Å². The number of aliphatic carboxylic acids is 1. The lowest BCUT2D eigenvalue weighted by Gasteiger charge is -2.11. The second kappa shape index (κ2) is 4.02. The second-order valence-electron chi connectivity index (χ2n) is 2.84. The topological polar surface area (TPSA) is 57.6 Å². The molecule has 13 heavy (non-hydrogen) atoms. The Balaban J connectivity index is 2.44. The Labute approximate surface area is 74.6 Å². The van der Waals surface area contributed by atoms with Gasteiger partial charge in [-0.15, -0.1) is 0 Å². The molecular formula is C8H10FNO3. The van der Waals surface area contributed by atoms with Crippen LogP contribution in [-0.4, -0.2) is 41.1 Å². The molecule has 1 atom stereocenters. The van der Waals surface area contributed by atoms with Gasteiger partial charge in [-0.25, -0.2) is 9.18 Å². The summed E-state index contributed by atoms with van der Waals surface area (Å²) in [5, 5.41) is 8.23. The average molecular weight is 187 g/mol. The summed E-state index contributed by atoms with van der Waals surface area (Å²) in [7, 11) is 0. The summed E-state index contributed by atoms with van der Waals surface area (Å²) in [5.41, 5.74) is 0. The molecule has 1 aliphatic heterocycles. The SMILES string of the molecule is O=C(O)/C=C/C(=O)N1CC[C@@H](F)C1. The zero-order valence-electron chi connectivity index (χ0n) is 6.94. The van der Waals surface area contributed by atoms with Gasteiger partial charge in [0.05, 0.1) is 6.54 Å². The van der Waals surface area contributed by atoms with E-state index in [1.165, 1.54) is 4.90 Å². The van der Waals surface area contributed by atoms with E-state index in [0.29, 0.717) is 13.0 Å². The van der Waals surface area contributed by atoms with Gasteiger partial charge in [-0.1, -0.05) is 0 Å². The Morgan fingerprint density at radius 3 is 2.62 bits per heavy atom. The fourth-order valence-electron chi connectivity index (χ4n) is 1.17. The fourth-order valence-corrected chi connectivity index (χ4v) is 1.17. The predicted octanol–water partition coefficient (Wildman–Crippen LogP) is 0.198. The molecule has 72 valence electrons. The summed E-state index contributed by atoms with van der Waals surface area (Å²) in [4.78, 5) is 22.5. The van der Waals surface area contributed by atoms with E-state index in [2.05, 4.69) is 0 Å². The van der Waals surface area contributed by atoms with E-state index in [0.717, 1.165) is 12.2 Å². The molecule has 5 heteroatoms. The summed E-state index contributed by atoms with van der Waals surface area (Å²) in [6.07, 6.45) is 1.07. The first-order valence-corrected chi connectivity index (χ1v) is 3.93. The summed E-state index contributed by atoms with van der Waals surface area (Å²) < 4.78 is 12.6. The van der Waals surface area contributed by atoms with Crippen LogP contribution in [0, 0.1) is 0 Å². The van der Waals surface area contributed by atoms with E-state index in [9.17, 15) is 14.0 Å². The highest BCUT2D eigenvalue weighted by Gasteiger charge is 2.24. The van der Waals surface area contributed by atoms with Crippen molar-refractivity contribution < 1.29 is 19.1 Å². The van der Waals surface area contributed by atoms with Crippen molar-refractivity contribution in [1.82, 2.24) is 4.90 Å². The standard InChI is InChI=1S/C8H10FNO3/c9-6-3-4-10(5-6)7(11)1-2-8(12)13/h1-2,6H,3-5H2,(H,12,13)/b2-1+/t6-/m1/s1. The Hall–Kier alpha value is -1.39. The lowest BCUT2D eigenvalue weighted by molar-refractivity contribution is -0.132. The molecule has 0 aromatic rings. The molecular weight excluding hydrogens is 177 g/mol. The van der Waals surface area contributed by atoms with E-state index in [1.807, 2.05) is 0 Å². The third kappa shape index (κ3) is 2.85. The number of halogens is 1. The molecule has 1 heterocycles. The quantitative estimate of drug-likeness (QED) is 0.628. The molecule has 0 aromatic heterocycles. The largest absolute Gasteiger partial charge is 0.478 e. The van der Waals surface area contributed by atoms with Crippen molar-refractivity contribution in [3.05, 3.63) is 12.2 Å². The molecule has 0 spiro atoms. The highest BCUT2D eigenvalue weighted by Crippen LogP contribution is 2.12. The molecule has 1 rings (SSSR count). The zero-order valence-corrected chi connectivity index (χ0v) is 6.94. The number of carboxylic acids is 1. The zero-order chi connectivity index (χ0) is 9.84. The van der Waals surface area contributed by atoms with E-state index in [1.54, 1.807) is 0 Å². The smallest absolute Gasteiger partial charge is 0.328 e. The van der Waals surface area contributed by atoms with Crippen molar-refractivity contribution in [2.45, 2.75) is 12.6 Å². The maximum Gasteiger partial charge on any atom is 0.328 e. The Morgan fingerprint density at radius 2 is 2.15 bits per heavy atom. The van der Waals surface area contributed by atoms with Gasteiger partial charge in [0.25, 0.3) is 0 Å². The minimum absolute atomic E-state index is 0.0722. The van der Waals surface area contributed by atoms with Crippen LogP contribution in [0.25, 0.3) is 0 Å². The molecule has 0 aromatic carbocycles. The lowest BCUT2D eigenvalue weighted by atomic mass is 10.3. The molecule has 0 bridgehead atoms. The van der Waals surface area contributed by atoms with Gasteiger partial charge in [0.1, 0.15) is 6.17 Å². The van der Waals surface area contributed by atoms with Crippen LogP contribution in [0.2, 0.25) is 0 Å². The molecule has 0 unspecified atom stereocenters. The molecule has 0 radical (unpaired) electrons. The van der Waals surface area contributed by atoms with Crippen molar-refractivity contribution in [2.75, 3.05) is 13.1 Å². The van der Waals surface area contributed by atoms with Crippen LogP contribution in [-0.2, 0) is 9.59 Å². The molecule has 4 nitrogen and oxygen atoms in total. The van der Waals surface area contributed by atoms with Gasteiger partial charge in [0.2, 0.25) is 5.91 Å². The number of rotatable bonds is 2. The number of carbonyl (C=O) groups excluding carboxylic acids is 1. The molecule has 1 N–H and O–H groups in total. The number of hydrogen-bond donors (Lipinski definition) is 1. The molecule has 1 saturated heterocycles. The Morgan fingerprint density at radius 1 is 1.46 bits per heavy atom. The van der Waals surface area contributed by atoms with Crippen LogP contribution in [0.3, 0.4) is 0 Å². The first kappa shape index (κ1) is 9.70. The number of nitrogens with zero attached hydrogens (tertiary/aromatic N) is 1. The Kier molecular flexibility index (Phi) is 3.00. The van der Waals surface area contributed by atoms with E-state index in [-0.39, 0.29) is 6.54 Å². The molecule has 0 saturated carbocycles. The van der Waals surface area contributed by atoms with Crippen LogP contribution in [0.4, 0.5) is 4.39 Å². The number of amides is 1. The monoisotopic (exact) mass is 187 g/mol. The van der Waals surface area contributed by atoms with Gasteiger partial charge in [-0.3, -0.25) is 4.79 Å². The molecule has 0 aliphatic carbocycles. The van der Waals surface area contributed by atoms with Gasteiger partial charge >= 0.3 is 5.97 Å². The normalized spacial score (nSPS) is 22.5. The van der Waals surface area contributed by atoms with Gasteiger partial charge in [-0.2, -0.15) is 0 Å². The molecule has 1 fully saturated rings. The second-order valence-corrected chi connectivity index (χ2v) is 2.84. The maximum absolute atomic E-state index is 12.6. The van der Waals surface area contributed by atoms with Crippen LogP contribution in [0.5, 0.6) is 0 Å². The summed E-state index contributed by atoms with van der Waals surface area (Å²) in [6, 6.07) is 0. The van der Waals surface area contributed by atoms with Gasteiger partial charge < -0.3 is 10.0 Å². The number of likely N-dealkylation sites (tertiary alicyclic amines) is 1. The third-order valence-electron chi connectivity index (χ3n) is 1.81. The van der Waals surface area contributed by atoms with Crippen LogP contribution in [0.15, 0.2) is 12.2 Å². The first-order chi connectivity index (χ1) is 6.09. The molecule has 1 aliphatic rings. The maximum atomic E-state index is 12.6. The predicted molar refractivity (Wildman–Crippen MR) is 42.9 cm³/mol. The van der Waals surface area contributed by atoms with Crippen LogP contribution in [0.1, 0.15) is 6.42 Å². The van der Waals surface area contributed by atoms with Crippen molar-refractivity contribution in [3.8, 4) is 0 Å². The van der Waals surface area contributed by atoms with E-state index in [4.69, 9.17) is 5.11 Å². The number of carbonyl (C=O) groups is 2. The average Bonchev–Trinajstić information content (AvgIpc) is 2.47. The summed E-state index contributed by atoms with van der Waals surface area (Å²) in [5.74, 6) is -1.62. The highest BCUT2D eigenvalue weighted by atomic mass is 19.1. The Bertz CT molecular complexity index is 252. The molecule has 1 amide bonds. The number of hydrogen-bond acceptors (Lipinski definition) is 2.